The third-order valence-corrected chi connectivity index (χ3v) is 5.89. The third kappa shape index (κ3) is 4.19. The number of hydrogen-bond donors (Lipinski definition) is 3. The number of aromatic nitrogens is 5. The van der Waals surface area contributed by atoms with Gasteiger partial charge in [0.05, 0.1) is 23.2 Å². The van der Waals surface area contributed by atoms with Crippen LogP contribution in [0.25, 0.3) is 33.8 Å². The molecule has 4 N–H and O–H groups in total. The van der Waals surface area contributed by atoms with Gasteiger partial charge in [-0.05, 0) is 36.8 Å². The van der Waals surface area contributed by atoms with Crippen LogP contribution in [0.15, 0.2) is 48.8 Å². The van der Waals surface area contributed by atoms with Crippen molar-refractivity contribution in [3.63, 3.8) is 0 Å². The van der Waals surface area contributed by atoms with E-state index in [0.717, 1.165) is 5.56 Å². The number of H-pyrrole nitrogens is 1. The van der Waals surface area contributed by atoms with E-state index in [0.29, 0.717) is 40.4 Å². The van der Waals surface area contributed by atoms with Gasteiger partial charge in [0.15, 0.2) is 5.82 Å². The molecule has 0 amide bonds. The fourth-order valence-corrected chi connectivity index (χ4v) is 4.60. The van der Waals surface area contributed by atoms with Crippen LogP contribution in [-0.2, 0) is 0 Å². The van der Waals surface area contributed by atoms with Gasteiger partial charge in [0, 0.05) is 30.5 Å². The van der Waals surface area contributed by atoms with Crippen LogP contribution in [0.3, 0.4) is 0 Å². The number of rotatable bonds is 6. The number of aromatic amines is 1. The lowest BCUT2D eigenvalue weighted by Crippen LogP contribution is -2.40. The molecule has 2 atom stereocenters. The molecule has 1 fully saturated rings. The van der Waals surface area contributed by atoms with Crippen molar-refractivity contribution in [2.45, 2.75) is 37.3 Å². The highest BCUT2D eigenvalue weighted by Crippen LogP contribution is 2.43. The lowest BCUT2D eigenvalue weighted by atomic mass is 9.88. The highest BCUT2D eigenvalue weighted by atomic mass is 19.3. The lowest BCUT2D eigenvalue weighted by molar-refractivity contribution is -0.0550. The van der Waals surface area contributed by atoms with Gasteiger partial charge in [-0.25, -0.2) is 18.7 Å². The number of aliphatic hydroxyl groups excluding tert-OH is 1. The van der Waals surface area contributed by atoms with Gasteiger partial charge in [0.25, 0.3) is 5.92 Å². The van der Waals surface area contributed by atoms with Crippen LogP contribution in [0.2, 0.25) is 0 Å². The Kier molecular flexibility index (Phi) is 5.55. The summed E-state index contributed by atoms with van der Waals surface area (Å²) < 4.78 is 36.8. The van der Waals surface area contributed by atoms with Gasteiger partial charge in [-0.3, -0.25) is 5.10 Å². The van der Waals surface area contributed by atoms with Crippen LogP contribution < -0.4 is 10.5 Å². The van der Waals surface area contributed by atoms with E-state index < -0.39 is 18.0 Å². The standard InChI is InChI=1S/C23H24F2N6O2/c24-23(25)11-15(26)10-16(12-23)31-19-9-14(21-27-13-28-30-21)5-6-18(19)29-22(31)17-3-1-2-4-20(17)33-8-7-32/h1-6,9,13,15-16,32H,7-8,10-12,26H2,(H,27,28,30)/t15-,16?/m1/s1. The van der Waals surface area contributed by atoms with Crippen LogP contribution in [0, 0.1) is 0 Å². The average Bonchev–Trinajstić information content (AvgIpc) is 3.44. The first-order valence-electron chi connectivity index (χ1n) is 10.8. The molecule has 1 aliphatic carbocycles. The van der Waals surface area contributed by atoms with Gasteiger partial charge in [0.1, 0.15) is 24.5 Å². The van der Waals surface area contributed by atoms with Crippen LogP contribution in [-0.4, -0.2) is 55.0 Å². The van der Waals surface area contributed by atoms with Gasteiger partial charge < -0.3 is 20.1 Å². The van der Waals surface area contributed by atoms with E-state index in [2.05, 4.69) is 15.2 Å². The molecule has 5 rings (SSSR count). The monoisotopic (exact) mass is 454 g/mol. The summed E-state index contributed by atoms with van der Waals surface area (Å²) in [6.45, 7) is -0.0335. The molecule has 33 heavy (non-hydrogen) atoms. The summed E-state index contributed by atoms with van der Waals surface area (Å²) in [5.41, 5.74) is 8.84. The number of ether oxygens (including phenoxy) is 1. The Hall–Kier alpha value is -3.37. The second-order valence-corrected chi connectivity index (χ2v) is 8.33. The number of nitrogens with one attached hydrogen (secondary N) is 1. The lowest BCUT2D eigenvalue weighted by Gasteiger charge is -2.34. The minimum Gasteiger partial charge on any atom is -0.490 e. The highest BCUT2D eigenvalue weighted by molar-refractivity contribution is 5.85. The molecule has 1 unspecified atom stereocenters. The van der Waals surface area contributed by atoms with E-state index in [9.17, 15) is 13.9 Å². The Morgan fingerprint density at radius 2 is 2.06 bits per heavy atom. The van der Waals surface area contributed by atoms with Gasteiger partial charge >= 0.3 is 0 Å². The van der Waals surface area contributed by atoms with E-state index in [1.54, 1.807) is 6.07 Å². The summed E-state index contributed by atoms with van der Waals surface area (Å²) >= 11 is 0. The van der Waals surface area contributed by atoms with Crippen LogP contribution in [0.4, 0.5) is 8.78 Å². The summed E-state index contributed by atoms with van der Waals surface area (Å²) in [7, 11) is 0. The van der Waals surface area contributed by atoms with Crippen molar-refractivity contribution in [2.75, 3.05) is 13.2 Å². The quantitative estimate of drug-likeness (QED) is 0.411. The molecule has 2 aromatic heterocycles. The zero-order chi connectivity index (χ0) is 23.0. The minimum absolute atomic E-state index is 0.110. The van der Waals surface area contributed by atoms with E-state index in [4.69, 9.17) is 15.5 Å². The van der Waals surface area contributed by atoms with E-state index in [1.165, 1.54) is 6.33 Å². The molecule has 0 spiro atoms. The predicted octanol–water partition coefficient (Wildman–Crippen LogP) is 3.55. The van der Waals surface area contributed by atoms with E-state index >= 15 is 0 Å². The summed E-state index contributed by atoms with van der Waals surface area (Å²) in [5.74, 6) is -1.26. The summed E-state index contributed by atoms with van der Waals surface area (Å²) in [4.78, 5) is 9.01. The second-order valence-electron chi connectivity index (χ2n) is 8.33. The number of halogens is 2. The Balaban J connectivity index is 1.72. The molecule has 172 valence electrons. The van der Waals surface area contributed by atoms with Gasteiger partial charge in [-0.2, -0.15) is 5.10 Å². The van der Waals surface area contributed by atoms with Crippen molar-refractivity contribution in [1.82, 2.24) is 24.7 Å². The number of para-hydroxylation sites is 1. The molecule has 2 aromatic carbocycles. The molecule has 1 saturated carbocycles. The molecule has 0 aliphatic heterocycles. The van der Waals surface area contributed by atoms with Gasteiger partial charge in [0.2, 0.25) is 0 Å². The molecule has 2 heterocycles. The zero-order valence-corrected chi connectivity index (χ0v) is 17.8. The zero-order valence-electron chi connectivity index (χ0n) is 17.8. The Labute approximate surface area is 188 Å². The number of nitrogens with zero attached hydrogens (tertiary/aromatic N) is 4. The Morgan fingerprint density at radius 3 is 2.82 bits per heavy atom. The normalized spacial score (nSPS) is 20.2. The number of hydrogen-bond acceptors (Lipinski definition) is 6. The largest absolute Gasteiger partial charge is 0.490 e. The van der Waals surface area contributed by atoms with Gasteiger partial charge in [-0.15, -0.1) is 0 Å². The van der Waals surface area contributed by atoms with Crippen LogP contribution in [0.1, 0.15) is 25.3 Å². The summed E-state index contributed by atoms with van der Waals surface area (Å²) in [6.07, 6.45) is 1.16. The number of fused-ring (bicyclic) bond motifs is 1. The second kappa shape index (κ2) is 8.53. The molecule has 1 aliphatic rings. The molecular formula is C23H24F2N6O2. The van der Waals surface area contributed by atoms with Crippen molar-refractivity contribution < 1.29 is 18.6 Å². The Morgan fingerprint density at radius 1 is 1.21 bits per heavy atom. The highest BCUT2D eigenvalue weighted by Gasteiger charge is 2.42. The first kappa shape index (κ1) is 21.5. The fraction of sp³-hybridized carbons (Fsp3) is 0.348. The minimum atomic E-state index is -2.87. The van der Waals surface area contributed by atoms with Crippen molar-refractivity contribution in [2.24, 2.45) is 5.73 Å². The van der Waals surface area contributed by atoms with Crippen molar-refractivity contribution in [1.29, 1.82) is 0 Å². The molecule has 4 aromatic rings. The first-order valence-corrected chi connectivity index (χ1v) is 10.8. The number of alkyl halides is 2. The molecule has 10 heteroatoms. The van der Waals surface area contributed by atoms with E-state index in [-0.39, 0.29) is 26.1 Å². The third-order valence-electron chi connectivity index (χ3n) is 5.89. The molecule has 0 radical (unpaired) electrons. The molecule has 8 nitrogen and oxygen atoms in total. The maximum absolute atomic E-state index is 14.6. The SMILES string of the molecule is N[C@@H]1CC(n2c(-c3ccccc3OCCO)nc3ccc(-c4ncn[nH]4)cc32)CC(F)(F)C1. The number of imidazole rings is 1. The number of aliphatic hydroxyl groups is 1. The smallest absolute Gasteiger partial charge is 0.251 e. The molecule has 0 saturated heterocycles. The summed E-state index contributed by atoms with van der Waals surface area (Å²) in [5, 5.41) is 15.9. The molecule has 0 bridgehead atoms. The first-order chi connectivity index (χ1) is 15.9. The van der Waals surface area contributed by atoms with Crippen molar-refractivity contribution in [3.8, 4) is 28.5 Å². The van der Waals surface area contributed by atoms with Crippen LogP contribution in [0.5, 0.6) is 5.75 Å². The maximum atomic E-state index is 14.6. The topological polar surface area (TPSA) is 115 Å². The van der Waals surface area contributed by atoms with Crippen molar-refractivity contribution >= 4 is 11.0 Å². The maximum Gasteiger partial charge on any atom is 0.251 e. The molecular weight excluding hydrogens is 430 g/mol. The number of benzene rings is 2. The summed E-state index contributed by atoms with van der Waals surface area (Å²) in [6, 6.07) is 11.7. The average molecular weight is 454 g/mol. The van der Waals surface area contributed by atoms with Crippen LogP contribution >= 0.6 is 0 Å². The van der Waals surface area contributed by atoms with E-state index in [1.807, 2.05) is 41.0 Å². The van der Waals surface area contributed by atoms with Gasteiger partial charge in [-0.1, -0.05) is 12.1 Å². The Bertz CT molecular complexity index is 1260. The predicted molar refractivity (Wildman–Crippen MR) is 119 cm³/mol. The number of nitrogens with two attached hydrogens (primary N) is 1. The fourth-order valence-electron chi connectivity index (χ4n) is 4.60. The van der Waals surface area contributed by atoms with Crippen molar-refractivity contribution in [3.05, 3.63) is 48.8 Å².